The third-order valence-electron chi connectivity index (χ3n) is 5.09. The molecule has 0 radical (unpaired) electrons. The fraction of sp³-hybridized carbons (Fsp3) is 0.722. The summed E-state index contributed by atoms with van der Waals surface area (Å²) in [6, 6.07) is -2.58. The Kier molecular flexibility index (Phi) is 6.76. The van der Waals surface area contributed by atoms with Gasteiger partial charge >= 0.3 is 5.97 Å². The van der Waals surface area contributed by atoms with Gasteiger partial charge in [-0.25, -0.2) is 0 Å². The van der Waals surface area contributed by atoms with E-state index in [2.05, 4.69) is 10.6 Å². The van der Waals surface area contributed by atoms with E-state index in [1.807, 2.05) is 0 Å². The summed E-state index contributed by atoms with van der Waals surface area (Å²) in [5, 5.41) is 14.0. The largest absolute Gasteiger partial charge is 0.481 e. The quantitative estimate of drug-likeness (QED) is 0.432. The average molecular weight is 397 g/mol. The number of ether oxygens (including phenoxy) is 1. The van der Waals surface area contributed by atoms with Crippen LogP contribution in [0.1, 0.15) is 46.5 Å². The van der Waals surface area contributed by atoms with Crippen LogP contribution in [-0.4, -0.2) is 76.4 Å². The maximum atomic E-state index is 12.5. The monoisotopic (exact) mass is 397 g/mol. The Labute approximate surface area is 163 Å². The van der Waals surface area contributed by atoms with Crippen LogP contribution in [0.5, 0.6) is 0 Å². The summed E-state index contributed by atoms with van der Waals surface area (Å²) in [7, 11) is 0. The fourth-order valence-electron chi connectivity index (χ4n) is 3.24. The van der Waals surface area contributed by atoms with Crippen molar-refractivity contribution in [2.45, 2.75) is 70.2 Å². The molecule has 1 unspecified atom stereocenters. The lowest BCUT2D eigenvalue weighted by Gasteiger charge is -2.25. The number of aliphatic carboxylic acids is 1. The number of hydrogen-bond donors (Lipinski definition) is 3. The highest BCUT2D eigenvalue weighted by Crippen LogP contribution is 2.29. The number of amides is 3. The normalized spacial score (nSPS) is 25.5. The van der Waals surface area contributed by atoms with Gasteiger partial charge in [0.15, 0.2) is 5.78 Å². The van der Waals surface area contributed by atoms with Crippen LogP contribution in [0.2, 0.25) is 0 Å². The van der Waals surface area contributed by atoms with Gasteiger partial charge in [0.2, 0.25) is 17.7 Å². The lowest BCUT2D eigenvalue weighted by Crippen LogP contribution is -2.55. The predicted octanol–water partition coefficient (Wildman–Crippen LogP) is -0.790. The number of Topliss-reactive ketones (excluding diaryl/α,β-unsaturated/α-hetero) is 1. The molecule has 0 aliphatic carbocycles. The van der Waals surface area contributed by atoms with E-state index in [1.165, 1.54) is 18.7 Å². The maximum absolute atomic E-state index is 12.5. The number of nitrogens with one attached hydrogen (secondary N) is 2. The zero-order valence-electron chi connectivity index (χ0n) is 16.3. The van der Waals surface area contributed by atoms with Crippen LogP contribution in [0, 0.1) is 0 Å². The molecule has 2 saturated heterocycles. The summed E-state index contributed by atoms with van der Waals surface area (Å²) in [4.78, 5) is 61.3. The van der Waals surface area contributed by atoms with Gasteiger partial charge in [0, 0.05) is 19.9 Å². The summed E-state index contributed by atoms with van der Waals surface area (Å²) in [6.45, 7) is 5.16. The lowest BCUT2D eigenvalue weighted by atomic mass is 9.96. The summed E-state index contributed by atoms with van der Waals surface area (Å²) < 4.78 is 5.10. The van der Waals surface area contributed by atoms with Crippen LogP contribution >= 0.6 is 0 Å². The Bertz CT molecular complexity index is 674. The molecule has 28 heavy (non-hydrogen) atoms. The number of rotatable bonds is 9. The number of carbonyl (C=O) groups is 5. The van der Waals surface area contributed by atoms with Crippen molar-refractivity contribution in [3.05, 3.63) is 0 Å². The number of carboxylic acids is 1. The topological polar surface area (TPSA) is 145 Å². The molecule has 3 N–H and O–H groups in total. The molecule has 2 rings (SSSR count). The predicted molar refractivity (Wildman–Crippen MR) is 96.2 cm³/mol. The van der Waals surface area contributed by atoms with Crippen LogP contribution in [0.25, 0.3) is 0 Å². The first kappa shape index (κ1) is 21.8. The molecule has 0 aromatic heterocycles. The minimum absolute atomic E-state index is 0.0692. The molecule has 4 atom stereocenters. The van der Waals surface area contributed by atoms with E-state index in [4.69, 9.17) is 9.84 Å². The molecule has 0 aromatic carbocycles. The fourth-order valence-corrected chi connectivity index (χ4v) is 3.24. The molecular weight excluding hydrogens is 370 g/mol. The molecule has 2 aliphatic rings. The van der Waals surface area contributed by atoms with Crippen molar-refractivity contribution in [1.29, 1.82) is 0 Å². The van der Waals surface area contributed by atoms with Gasteiger partial charge < -0.3 is 25.4 Å². The number of carbonyl (C=O) groups excluding carboxylic acids is 4. The number of likely N-dealkylation sites (tertiary alicyclic amines) is 1. The molecule has 2 heterocycles. The minimum atomic E-state index is -1.08. The van der Waals surface area contributed by atoms with Gasteiger partial charge in [-0.1, -0.05) is 0 Å². The van der Waals surface area contributed by atoms with Crippen molar-refractivity contribution in [2.24, 2.45) is 0 Å². The van der Waals surface area contributed by atoms with E-state index in [9.17, 15) is 24.0 Å². The first-order valence-electron chi connectivity index (χ1n) is 9.33. The van der Waals surface area contributed by atoms with Gasteiger partial charge in [0.25, 0.3) is 0 Å². The van der Waals surface area contributed by atoms with Crippen molar-refractivity contribution in [3.63, 3.8) is 0 Å². The SMILES string of the molecule is CC(=O)N1CCC[C@@H]1C(=O)N[C@@H](C)C(=O)N[C@@H](CCC(=O)O)C(=O)C1(C)CO1. The molecular formula is C18H27N3O7. The molecule has 10 nitrogen and oxygen atoms in total. The molecule has 3 amide bonds. The molecule has 0 saturated carbocycles. The first-order valence-corrected chi connectivity index (χ1v) is 9.33. The summed E-state index contributed by atoms with van der Waals surface area (Å²) in [5.41, 5.74) is -1.01. The Morgan fingerprint density at radius 1 is 1.25 bits per heavy atom. The number of hydrogen-bond acceptors (Lipinski definition) is 6. The van der Waals surface area contributed by atoms with Crippen molar-refractivity contribution in [2.75, 3.05) is 13.2 Å². The van der Waals surface area contributed by atoms with Crippen molar-refractivity contribution >= 4 is 29.5 Å². The van der Waals surface area contributed by atoms with E-state index in [0.29, 0.717) is 19.4 Å². The van der Waals surface area contributed by atoms with Gasteiger partial charge in [-0.15, -0.1) is 0 Å². The van der Waals surface area contributed by atoms with Crippen LogP contribution in [0.3, 0.4) is 0 Å². The first-order chi connectivity index (χ1) is 13.0. The summed E-state index contributed by atoms with van der Waals surface area (Å²) >= 11 is 0. The van der Waals surface area contributed by atoms with Crippen molar-refractivity contribution in [3.8, 4) is 0 Å². The van der Waals surface area contributed by atoms with Gasteiger partial charge in [-0.3, -0.25) is 24.0 Å². The molecule has 0 spiro atoms. The van der Waals surface area contributed by atoms with Gasteiger partial charge in [-0.2, -0.15) is 0 Å². The highest BCUT2D eigenvalue weighted by molar-refractivity contribution is 5.98. The third-order valence-corrected chi connectivity index (χ3v) is 5.09. The van der Waals surface area contributed by atoms with E-state index >= 15 is 0 Å². The Hall–Kier alpha value is -2.49. The van der Waals surface area contributed by atoms with E-state index in [-0.39, 0.29) is 31.1 Å². The Balaban J connectivity index is 1.95. The minimum Gasteiger partial charge on any atom is -0.481 e. The standard InChI is InChI=1S/C18H27N3O7/c1-10(19-17(27)13-5-4-8-21(13)11(2)22)16(26)20-12(6-7-14(23)24)15(25)18(3)9-28-18/h10,12-13H,4-9H2,1-3H3,(H,19,27)(H,20,26)(H,23,24)/t10-,12-,13+,18?/m0/s1. The number of ketones is 1. The Morgan fingerprint density at radius 2 is 1.89 bits per heavy atom. The van der Waals surface area contributed by atoms with Crippen molar-refractivity contribution in [1.82, 2.24) is 15.5 Å². The van der Waals surface area contributed by atoms with E-state index < -0.39 is 41.5 Å². The van der Waals surface area contributed by atoms with Crippen LogP contribution in [0.4, 0.5) is 0 Å². The number of carboxylic acid groups (broad SMARTS) is 1. The van der Waals surface area contributed by atoms with E-state index in [0.717, 1.165) is 0 Å². The zero-order chi connectivity index (χ0) is 21.1. The lowest BCUT2D eigenvalue weighted by molar-refractivity contribution is -0.139. The zero-order valence-corrected chi connectivity index (χ0v) is 16.3. The second-order valence-corrected chi connectivity index (χ2v) is 7.48. The van der Waals surface area contributed by atoms with Gasteiger partial charge in [-0.05, 0) is 33.1 Å². The Morgan fingerprint density at radius 3 is 2.43 bits per heavy atom. The molecule has 2 aliphatic heterocycles. The summed E-state index contributed by atoms with van der Waals surface area (Å²) in [6.07, 6.45) is 0.876. The second-order valence-electron chi connectivity index (χ2n) is 7.48. The smallest absolute Gasteiger partial charge is 0.303 e. The van der Waals surface area contributed by atoms with Crippen molar-refractivity contribution < 1.29 is 33.8 Å². The molecule has 0 aromatic rings. The molecule has 2 fully saturated rings. The number of nitrogens with zero attached hydrogens (tertiary/aromatic N) is 1. The molecule has 156 valence electrons. The van der Waals surface area contributed by atoms with Crippen LogP contribution in [0.15, 0.2) is 0 Å². The van der Waals surface area contributed by atoms with Crippen LogP contribution < -0.4 is 10.6 Å². The van der Waals surface area contributed by atoms with Gasteiger partial charge in [0.1, 0.15) is 17.7 Å². The van der Waals surface area contributed by atoms with Crippen LogP contribution in [-0.2, 0) is 28.7 Å². The number of epoxide rings is 1. The third kappa shape index (κ3) is 5.28. The highest BCUT2D eigenvalue weighted by Gasteiger charge is 2.50. The highest BCUT2D eigenvalue weighted by atomic mass is 16.6. The second kappa shape index (κ2) is 8.68. The summed E-state index contributed by atoms with van der Waals surface area (Å²) in [5.74, 6) is -2.71. The molecule has 0 bridgehead atoms. The van der Waals surface area contributed by atoms with Gasteiger partial charge in [0.05, 0.1) is 12.6 Å². The van der Waals surface area contributed by atoms with E-state index in [1.54, 1.807) is 6.92 Å². The maximum Gasteiger partial charge on any atom is 0.303 e. The average Bonchev–Trinajstić information content (AvgIpc) is 3.18. The molecule has 10 heteroatoms.